The Morgan fingerprint density at radius 2 is 2.10 bits per heavy atom. The number of pyridine rings is 1. The predicted molar refractivity (Wildman–Crippen MR) is 114 cm³/mol. The maximum absolute atomic E-state index is 11.7. The molecule has 0 spiro atoms. The third-order valence-electron chi connectivity index (χ3n) is 5.79. The molecule has 1 N–H and O–H groups in total. The van der Waals surface area contributed by atoms with E-state index in [0.29, 0.717) is 24.2 Å². The molecule has 5 rings (SSSR count). The first-order valence-electron chi connectivity index (χ1n) is 10.2. The van der Waals surface area contributed by atoms with Crippen molar-refractivity contribution in [3.8, 4) is 17.0 Å². The molecule has 1 atom stereocenters. The Balaban J connectivity index is 1.34. The minimum absolute atomic E-state index is 0.0421. The Kier molecular flexibility index (Phi) is 4.73. The van der Waals surface area contributed by atoms with Crippen molar-refractivity contribution in [3.05, 3.63) is 51.3 Å². The van der Waals surface area contributed by atoms with Gasteiger partial charge in [0.25, 0.3) is 5.56 Å². The number of halogens is 1. The molecule has 1 aliphatic carbocycles. The lowest BCUT2D eigenvalue weighted by atomic mass is 10.1. The smallest absolute Gasteiger partial charge is 0.285 e. The molecule has 0 bridgehead atoms. The van der Waals surface area contributed by atoms with E-state index in [0.717, 1.165) is 29.8 Å². The molecule has 0 amide bonds. The van der Waals surface area contributed by atoms with Gasteiger partial charge in [-0.15, -0.1) is 0 Å². The van der Waals surface area contributed by atoms with Crippen LogP contribution in [0.1, 0.15) is 36.7 Å². The van der Waals surface area contributed by atoms with Crippen LogP contribution in [0.15, 0.2) is 29.3 Å². The highest BCUT2D eigenvalue weighted by atomic mass is 35.5. The largest absolute Gasteiger partial charge is 0.472 e. The van der Waals surface area contributed by atoms with Crippen LogP contribution in [0.3, 0.4) is 0 Å². The quantitative estimate of drug-likeness (QED) is 0.673. The van der Waals surface area contributed by atoms with Gasteiger partial charge in [0.2, 0.25) is 5.88 Å². The molecular formula is C21H23ClN6O2. The molecule has 3 aromatic heterocycles. The molecule has 8 nitrogen and oxygen atoms in total. The number of aromatic amines is 1. The number of aryl methyl sites for hydroxylation is 1. The van der Waals surface area contributed by atoms with Crippen molar-refractivity contribution in [1.82, 2.24) is 25.0 Å². The van der Waals surface area contributed by atoms with Gasteiger partial charge in [0, 0.05) is 36.5 Å². The van der Waals surface area contributed by atoms with E-state index < -0.39 is 0 Å². The Bertz CT molecular complexity index is 1150. The minimum Gasteiger partial charge on any atom is -0.472 e. The van der Waals surface area contributed by atoms with E-state index in [1.54, 1.807) is 12.4 Å². The molecule has 2 fully saturated rings. The number of aromatic nitrogens is 5. The molecule has 1 aliphatic heterocycles. The van der Waals surface area contributed by atoms with Crippen LogP contribution in [-0.4, -0.2) is 44.2 Å². The van der Waals surface area contributed by atoms with Crippen molar-refractivity contribution in [2.24, 2.45) is 0 Å². The molecule has 156 valence electrons. The first kappa shape index (κ1) is 19.1. The number of nitrogens with one attached hydrogen (secondary N) is 1. The Morgan fingerprint density at radius 3 is 2.90 bits per heavy atom. The zero-order valence-corrected chi connectivity index (χ0v) is 17.7. The first-order chi connectivity index (χ1) is 14.5. The van der Waals surface area contributed by atoms with Crippen molar-refractivity contribution in [2.45, 2.75) is 45.3 Å². The van der Waals surface area contributed by atoms with E-state index >= 15 is 0 Å². The standard InChI is InChI=1S/C21H23ClN6O2/c1-12-19(13(2)28(26-12)15-3-4-15)14-5-7-23-18(9-14)30-16-6-8-27(11-16)17-10-24-25-21(29)20(17)22/h5,7,9-10,15-16H,3-4,6,8,11H2,1-2H3,(H,25,29)/t16-/m1/s1. The second kappa shape index (κ2) is 7.43. The van der Waals surface area contributed by atoms with Gasteiger partial charge in [0.05, 0.1) is 30.2 Å². The summed E-state index contributed by atoms with van der Waals surface area (Å²) in [5.74, 6) is 0.590. The summed E-state index contributed by atoms with van der Waals surface area (Å²) in [5.41, 5.74) is 4.69. The van der Waals surface area contributed by atoms with Crippen LogP contribution in [0.5, 0.6) is 5.88 Å². The molecule has 1 saturated heterocycles. The van der Waals surface area contributed by atoms with Gasteiger partial charge >= 0.3 is 0 Å². The van der Waals surface area contributed by atoms with Crippen LogP contribution in [0, 0.1) is 13.8 Å². The fourth-order valence-electron chi connectivity index (χ4n) is 4.19. The molecule has 3 aromatic rings. The molecule has 2 aliphatic rings. The van der Waals surface area contributed by atoms with E-state index in [2.05, 4.69) is 33.7 Å². The van der Waals surface area contributed by atoms with Crippen LogP contribution in [-0.2, 0) is 0 Å². The zero-order chi connectivity index (χ0) is 20.8. The summed E-state index contributed by atoms with van der Waals surface area (Å²) in [6, 6.07) is 4.54. The second-order valence-corrected chi connectivity index (χ2v) is 8.36. The summed E-state index contributed by atoms with van der Waals surface area (Å²) >= 11 is 6.14. The fourth-order valence-corrected chi connectivity index (χ4v) is 4.40. The maximum atomic E-state index is 11.7. The monoisotopic (exact) mass is 426 g/mol. The molecule has 9 heteroatoms. The SMILES string of the molecule is Cc1nn(C2CC2)c(C)c1-c1ccnc(O[C@@H]2CCN(c3cn[nH]c(=O)c3Cl)C2)c1. The minimum atomic E-state index is -0.384. The second-order valence-electron chi connectivity index (χ2n) is 7.98. The number of hydrogen-bond donors (Lipinski definition) is 1. The van der Waals surface area contributed by atoms with Crippen LogP contribution in [0.25, 0.3) is 11.1 Å². The number of rotatable bonds is 5. The number of anilines is 1. The predicted octanol–water partition coefficient (Wildman–Crippen LogP) is 3.29. The number of H-pyrrole nitrogens is 1. The Labute approximate surface area is 178 Å². The summed E-state index contributed by atoms with van der Waals surface area (Å²) in [6.07, 6.45) is 6.54. The number of ether oxygens (including phenoxy) is 1. The van der Waals surface area contributed by atoms with Gasteiger partial charge in [-0.3, -0.25) is 9.48 Å². The van der Waals surface area contributed by atoms with E-state index in [1.165, 1.54) is 18.5 Å². The summed E-state index contributed by atoms with van der Waals surface area (Å²) in [5, 5.41) is 11.1. The molecule has 0 unspecified atom stereocenters. The lowest BCUT2D eigenvalue weighted by Crippen LogP contribution is -2.26. The highest BCUT2D eigenvalue weighted by molar-refractivity contribution is 6.33. The molecular weight excluding hydrogens is 404 g/mol. The van der Waals surface area contributed by atoms with Gasteiger partial charge in [-0.2, -0.15) is 10.2 Å². The van der Waals surface area contributed by atoms with Gasteiger partial charge in [-0.1, -0.05) is 11.6 Å². The Morgan fingerprint density at radius 1 is 1.27 bits per heavy atom. The third-order valence-corrected chi connectivity index (χ3v) is 6.16. The molecule has 1 saturated carbocycles. The number of hydrogen-bond acceptors (Lipinski definition) is 6. The molecule has 30 heavy (non-hydrogen) atoms. The lowest BCUT2D eigenvalue weighted by molar-refractivity contribution is 0.216. The van der Waals surface area contributed by atoms with E-state index in [1.807, 2.05) is 17.0 Å². The van der Waals surface area contributed by atoms with Crippen LogP contribution < -0.4 is 15.2 Å². The third kappa shape index (κ3) is 3.45. The lowest BCUT2D eigenvalue weighted by Gasteiger charge is -2.19. The van der Waals surface area contributed by atoms with Crippen LogP contribution in [0.4, 0.5) is 5.69 Å². The zero-order valence-electron chi connectivity index (χ0n) is 16.9. The van der Waals surface area contributed by atoms with Gasteiger partial charge in [-0.05, 0) is 38.3 Å². The molecule has 0 radical (unpaired) electrons. The van der Waals surface area contributed by atoms with E-state index in [-0.39, 0.29) is 16.7 Å². The van der Waals surface area contributed by atoms with E-state index in [9.17, 15) is 4.79 Å². The fraction of sp³-hybridized carbons (Fsp3) is 0.429. The van der Waals surface area contributed by atoms with Crippen LogP contribution >= 0.6 is 11.6 Å². The van der Waals surface area contributed by atoms with Crippen molar-refractivity contribution >= 4 is 17.3 Å². The summed E-state index contributed by atoms with van der Waals surface area (Å²) < 4.78 is 8.33. The average molecular weight is 427 g/mol. The topological polar surface area (TPSA) is 88.9 Å². The highest BCUT2D eigenvalue weighted by Crippen LogP contribution is 2.39. The van der Waals surface area contributed by atoms with Crippen molar-refractivity contribution in [2.75, 3.05) is 18.0 Å². The van der Waals surface area contributed by atoms with Crippen molar-refractivity contribution in [3.63, 3.8) is 0 Å². The van der Waals surface area contributed by atoms with Gasteiger partial charge in [0.1, 0.15) is 11.1 Å². The number of nitrogens with zero attached hydrogens (tertiary/aromatic N) is 5. The van der Waals surface area contributed by atoms with Crippen molar-refractivity contribution < 1.29 is 4.74 Å². The average Bonchev–Trinajstić information content (AvgIpc) is 3.39. The van der Waals surface area contributed by atoms with Gasteiger partial charge in [-0.25, -0.2) is 10.1 Å². The normalized spacial score (nSPS) is 18.8. The van der Waals surface area contributed by atoms with Gasteiger partial charge in [0.15, 0.2) is 0 Å². The maximum Gasteiger partial charge on any atom is 0.285 e. The summed E-state index contributed by atoms with van der Waals surface area (Å²) in [7, 11) is 0. The molecule has 4 heterocycles. The first-order valence-corrected chi connectivity index (χ1v) is 10.6. The van der Waals surface area contributed by atoms with E-state index in [4.69, 9.17) is 21.4 Å². The summed E-state index contributed by atoms with van der Waals surface area (Å²) in [4.78, 5) is 18.2. The van der Waals surface area contributed by atoms with Crippen LogP contribution in [0.2, 0.25) is 5.02 Å². The highest BCUT2D eigenvalue weighted by Gasteiger charge is 2.29. The van der Waals surface area contributed by atoms with Crippen molar-refractivity contribution in [1.29, 1.82) is 0 Å². The summed E-state index contributed by atoms with van der Waals surface area (Å²) in [6.45, 7) is 5.54. The van der Waals surface area contributed by atoms with Gasteiger partial charge < -0.3 is 9.64 Å². The Hall–Kier alpha value is -2.87. The molecule has 0 aromatic carbocycles.